The number of carbonyl (C=O) groups is 1. The van der Waals surface area contributed by atoms with Crippen molar-refractivity contribution in [2.45, 2.75) is 18.9 Å². The maximum absolute atomic E-state index is 11.8. The summed E-state index contributed by atoms with van der Waals surface area (Å²) in [6.45, 7) is 3.85. The van der Waals surface area contributed by atoms with E-state index in [1.165, 1.54) is 5.56 Å². The smallest absolute Gasteiger partial charge is 0.267 e. The van der Waals surface area contributed by atoms with Crippen LogP contribution < -0.4 is 15.0 Å². The van der Waals surface area contributed by atoms with Crippen molar-refractivity contribution in [1.82, 2.24) is 5.32 Å². The summed E-state index contributed by atoms with van der Waals surface area (Å²) in [5.74, 6) is 1.42. The number of benzene rings is 1. The maximum Gasteiger partial charge on any atom is 0.267 e. The molecule has 17 heavy (non-hydrogen) atoms. The Balaban J connectivity index is 1.97. The minimum Gasteiger partial charge on any atom is -0.479 e. The van der Waals surface area contributed by atoms with E-state index in [0.29, 0.717) is 5.92 Å². The van der Waals surface area contributed by atoms with E-state index in [1.54, 1.807) is 18.9 Å². The first kappa shape index (κ1) is 10.6. The summed E-state index contributed by atoms with van der Waals surface area (Å²) in [6, 6.07) is 6.14. The number of amides is 1. The average Bonchev–Trinajstić information content (AvgIpc) is 2.23. The summed E-state index contributed by atoms with van der Waals surface area (Å²) in [5.41, 5.74) is 2.15. The molecule has 1 atom stereocenters. The van der Waals surface area contributed by atoms with Crippen molar-refractivity contribution in [1.29, 1.82) is 0 Å². The molecule has 0 bridgehead atoms. The lowest BCUT2D eigenvalue weighted by Crippen LogP contribution is -2.42. The summed E-state index contributed by atoms with van der Waals surface area (Å²) in [6.07, 6.45) is -0.387. The Morgan fingerprint density at radius 2 is 2.18 bits per heavy atom. The van der Waals surface area contributed by atoms with Gasteiger partial charge in [0.05, 0.1) is 5.69 Å². The van der Waals surface area contributed by atoms with Gasteiger partial charge < -0.3 is 15.0 Å². The molecule has 0 aliphatic carbocycles. The summed E-state index contributed by atoms with van der Waals surface area (Å²) in [4.78, 5) is 13.4. The average molecular weight is 232 g/mol. The van der Waals surface area contributed by atoms with Gasteiger partial charge in [0, 0.05) is 26.1 Å². The number of fused-ring (bicyclic) bond motifs is 1. The van der Waals surface area contributed by atoms with Crippen LogP contribution in [0.2, 0.25) is 0 Å². The van der Waals surface area contributed by atoms with Gasteiger partial charge >= 0.3 is 0 Å². The maximum atomic E-state index is 11.8. The molecule has 1 aromatic carbocycles. The molecule has 1 saturated heterocycles. The van der Waals surface area contributed by atoms with Crippen LogP contribution in [0.4, 0.5) is 5.69 Å². The summed E-state index contributed by atoms with van der Waals surface area (Å²) >= 11 is 0. The second-order valence-electron chi connectivity index (χ2n) is 4.74. The molecule has 90 valence electrons. The minimum absolute atomic E-state index is 0.00978. The molecule has 1 aromatic rings. The third-order valence-corrected chi connectivity index (χ3v) is 3.58. The molecule has 4 heteroatoms. The van der Waals surface area contributed by atoms with Gasteiger partial charge in [-0.2, -0.15) is 0 Å². The Hall–Kier alpha value is -1.55. The quantitative estimate of drug-likeness (QED) is 0.789. The van der Waals surface area contributed by atoms with E-state index in [2.05, 4.69) is 17.4 Å². The van der Waals surface area contributed by atoms with E-state index in [9.17, 15) is 4.79 Å². The molecule has 1 fully saturated rings. The molecule has 0 saturated carbocycles. The van der Waals surface area contributed by atoms with Crippen molar-refractivity contribution in [2.75, 3.05) is 25.0 Å². The van der Waals surface area contributed by atoms with Gasteiger partial charge in [-0.25, -0.2) is 0 Å². The van der Waals surface area contributed by atoms with E-state index in [1.807, 2.05) is 6.07 Å². The molecule has 2 aliphatic rings. The first-order valence-electron chi connectivity index (χ1n) is 5.95. The lowest BCUT2D eigenvalue weighted by Gasteiger charge is -2.32. The summed E-state index contributed by atoms with van der Waals surface area (Å²) in [5, 5.41) is 3.26. The normalized spacial score (nSPS) is 24.0. The predicted molar refractivity (Wildman–Crippen MR) is 65.6 cm³/mol. The van der Waals surface area contributed by atoms with Crippen LogP contribution in [-0.4, -0.2) is 32.1 Å². The highest BCUT2D eigenvalue weighted by Gasteiger charge is 2.30. The van der Waals surface area contributed by atoms with Crippen molar-refractivity contribution < 1.29 is 9.53 Å². The van der Waals surface area contributed by atoms with Crippen LogP contribution in [0, 0.1) is 0 Å². The van der Waals surface area contributed by atoms with E-state index in [0.717, 1.165) is 24.5 Å². The lowest BCUT2D eigenvalue weighted by atomic mass is 9.93. The Labute approximate surface area is 101 Å². The van der Waals surface area contributed by atoms with Gasteiger partial charge in [-0.3, -0.25) is 4.79 Å². The highest BCUT2D eigenvalue weighted by Crippen LogP contribution is 2.36. The fraction of sp³-hybridized carbons (Fsp3) is 0.462. The van der Waals surface area contributed by atoms with Gasteiger partial charge in [-0.05, 0) is 24.6 Å². The molecule has 1 N–H and O–H groups in total. The summed E-state index contributed by atoms with van der Waals surface area (Å²) in [7, 11) is 1.80. The molecular formula is C13H16N2O2. The number of hydrogen-bond donors (Lipinski definition) is 1. The van der Waals surface area contributed by atoms with E-state index in [-0.39, 0.29) is 12.0 Å². The third-order valence-electron chi connectivity index (χ3n) is 3.58. The van der Waals surface area contributed by atoms with Gasteiger partial charge in [0.15, 0.2) is 6.10 Å². The SMILES string of the molecule is CC1Oc2cc(C3CNC3)ccc2N(C)C1=O. The number of nitrogens with zero attached hydrogens (tertiary/aromatic N) is 1. The third kappa shape index (κ3) is 1.60. The molecule has 0 spiro atoms. The van der Waals surface area contributed by atoms with Crippen molar-refractivity contribution >= 4 is 11.6 Å². The molecule has 0 aromatic heterocycles. The standard InChI is InChI=1S/C13H16N2O2/c1-8-13(16)15(2)11-4-3-9(5-12(11)17-8)10-6-14-7-10/h3-5,8,10,14H,6-7H2,1-2H3. The van der Waals surface area contributed by atoms with Gasteiger partial charge in [0.1, 0.15) is 5.75 Å². The zero-order chi connectivity index (χ0) is 12.0. The Bertz CT molecular complexity index is 468. The predicted octanol–water partition coefficient (Wildman–Crippen LogP) is 1.12. The minimum atomic E-state index is -0.387. The van der Waals surface area contributed by atoms with Gasteiger partial charge in [0.2, 0.25) is 0 Å². The Morgan fingerprint density at radius 3 is 2.82 bits per heavy atom. The van der Waals surface area contributed by atoms with Crippen LogP contribution >= 0.6 is 0 Å². The first-order valence-corrected chi connectivity index (χ1v) is 5.95. The summed E-state index contributed by atoms with van der Waals surface area (Å²) < 4.78 is 5.66. The topological polar surface area (TPSA) is 41.6 Å². The number of nitrogens with one attached hydrogen (secondary N) is 1. The number of carbonyl (C=O) groups excluding carboxylic acids is 1. The van der Waals surface area contributed by atoms with Crippen LogP contribution in [0.1, 0.15) is 18.4 Å². The molecular weight excluding hydrogens is 216 g/mol. The molecule has 0 radical (unpaired) electrons. The van der Waals surface area contributed by atoms with Crippen LogP contribution in [0.5, 0.6) is 5.75 Å². The second-order valence-corrected chi connectivity index (χ2v) is 4.74. The van der Waals surface area contributed by atoms with E-state index < -0.39 is 0 Å². The van der Waals surface area contributed by atoms with Crippen LogP contribution in [0.15, 0.2) is 18.2 Å². The van der Waals surface area contributed by atoms with Gasteiger partial charge in [-0.15, -0.1) is 0 Å². The molecule has 3 rings (SSSR count). The fourth-order valence-electron chi connectivity index (χ4n) is 2.31. The van der Waals surface area contributed by atoms with Crippen molar-refractivity contribution in [3.8, 4) is 5.75 Å². The molecule has 1 unspecified atom stereocenters. The number of likely N-dealkylation sites (N-methyl/N-ethyl adjacent to an activating group) is 1. The zero-order valence-electron chi connectivity index (χ0n) is 10.1. The number of hydrogen-bond acceptors (Lipinski definition) is 3. The van der Waals surface area contributed by atoms with Crippen molar-refractivity contribution in [2.24, 2.45) is 0 Å². The van der Waals surface area contributed by atoms with Crippen LogP contribution in [0.3, 0.4) is 0 Å². The number of rotatable bonds is 1. The first-order chi connectivity index (χ1) is 8.16. The number of anilines is 1. The second kappa shape index (κ2) is 3.74. The zero-order valence-corrected chi connectivity index (χ0v) is 10.1. The molecule has 2 heterocycles. The Kier molecular flexibility index (Phi) is 2.33. The highest BCUT2D eigenvalue weighted by atomic mass is 16.5. The Morgan fingerprint density at radius 1 is 1.41 bits per heavy atom. The van der Waals surface area contributed by atoms with E-state index in [4.69, 9.17) is 4.74 Å². The van der Waals surface area contributed by atoms with Crippen molar-refractivity contribution in [3.05, 3.63) is 23.8 Å². The van der Waals surface area contributed by atoms with Crippen LogP contribution in [0.25, 0.3) is 0 Å². The van der Waals surface area contributed by atoms with Gasteiger partial charge in [-0.1, -0.05) is 6.07 Å². The van der Waals surface area contributed by atoms with Crippen molar-refractivity contribution in [3.63, 3.8) is 0 Å². The largest absolute Gasteiger partial charge is 0.479 e. The molecule has 2 aliphatic heterocycles. The van der Waals surface area contributed by atoms with Gasteiger partial charge in [0.25, 0.3) is 5.91 Å². The van der Waals surface area contributed by atoms with Crippen LogP contribution in [-0.2, 0) is 4.79 Å². The van der Waals surface area contributed by atoms with E-state index >= 15 is 0 Å². The molecule has 4 nitrogen and oxygen atoms in total. The molecule has 1 amide bonds. The lowest BCUT2D eigenvalue weighted by molar-refractivity contribution is -0.125. The monoisotopic (exact) mass is 232 g/mol. The highest BCUT2D eigenvalue weighted by molar-refractivity contribution is 5.99. The number of ether oxygens (including phenoxy) is 1. The fourth-order valence-corrected chi connectivity index (χ4v) is 2.31.